The van der Waals surface area contributed by atoms with E-state index in [0.29, 0.717) is 0 Å². The second-order valence-electron chi connectivity index (χ2n) is 6.22. The van der Waals surface area contributed by atoms with E-state index in [-0.39, 0.29) is 29.8 Å². The number of nitrogens with zero attached hydrogens (tertiary/aromatic N) is 4. The second-order valence-corrected chi connectivity index (χ2v) is 8.13. The lowest BCUT2D eigenvalue weighted by Crippen LogP contribution is -2.50. The van der Waals surface area contributed by atoms with Gasteiger partial charge in [-0.2, -0.15) is 4.31 Å². The van der Waals surface area contributed by atoms with Crippen molar-refractivity contribution in [3.8, 4) is 17.0 Å². The monoisotopic (exact) mass is 388 g/mol. The van der Waals surface area contributed by atoms with Crippen LogP contribution in [0.5, 0.6) is 5.75 Å². The molecule has 0 spiro atoms. The first-order chi connectivity index (χ1) is 13.0. The van der Waals surface area contributed by atoms with Crippen LogP contribution in [0.1, 0.15) is 6.04 Å². The molecular weight excluding hydrogens is 371 g/mol. The lowest BCUT2D eigenvalue weighted by atomic mass is 10.1. The zero-order valence-electron chi connectivity index (χ0n) is 14.5. The van der Waals surface area contributed by atoms with E-state index in [9.17, 15) is 12.8 Å². The van der Waals surface area contributed by atoms with Gasteiger partial charge in [0.15, 0.2) is 0 Å². The SMILES string of the molecule is COc1ccc(F)cc1S(=O)(=O)N1CC(n2cc(-c3ccccc3)nn2)C1. The van der Waals surface area contributed by atoms with Crippen molar-refractivity contribution in [3.63, 3.8) is 0 Å². The van der Waals surface area contributed by atoms with Gasteiger partial charge in [0, 0.05) is 18.7 Å². The van der Waals surface area contributed by atoms with Crippen molar-refractivity contribution in [3.05, 3.63) is 60.5 Å². The largest absolute Gasteiger partial charge is 0.495 e. The Morgan fingerprint density at radius 1 is 1.15 bits per heavy atom. The van der Waals surface area contributed by atoms with Crippen LogP contribution in [0, 0.1) is 5.82 Å². The summed E-state index contributed by atoms with van der Waals surface area (Å²) < 4.78 is 47.1. The van der Waals surface area contributed by atoms with Crippen LogP contribution in [0.3, 0.4) is 0 Å². The van der Waals surface area contributed by atoms with Gasteiger partial charge in [-0.05, 0) is 18.2 Å². The Morgan fingerprint density at radius 3 is 2.59 bits per heavy atom. The van der Waals surface area contributed by atoms with Crippen LogP contribution in [0.15, 0.2) is 59.6 Å². The van der Waals surface area contributed by atoms with Crippen LogP contribution in [-0.2, 0) is 10.0 Å². The fraction of sp³-hybridized carbons (Fsp3) is 0.222. The van der Waals surface area contributed by atoms with Crippen LogP contribution in [0.25, 0.3) is 11.3 Å². The highest BCUT2D eigenvalue weighted by molar-refractivity contribution is 7.89. The van der Waals surface area contributed by atoms with Gasteiger partial charge in [0.25, 0.3) is 0 Å². The molecule has 140 valence electrons. The number of hydrogen-bond donors (Lipinski definition) is 0. The van der Waals surface area contributed by atoms with E-state index >= 15 is 0 Å². The maximum atomic E-state index is 13.5. The van der Waals surface area contributed by atoms with Crippen molar-refractivity contribution >= 4 is 10.0 Å². The van der Waals surface area contributed by atoms with Gasteiger partial charge in [0.05, 0.1) is 19.3 Å². The van der Waals surface area contributed by atoms with E-state index < -0.39 is 15.8 Å². The van der Waals surface area contributed by atoms with Crippen LogP contribution in [-0.4, -0.2) is 47.9 Å². The summed E-state index contributed by atoms with van der Waals surface area (Å²) in [5.74, 6) is -0.512. The van der Waals surface area contributed by atoms with Gasteiger partial charge in [-0.3, -0.25) is 0 Å². The molecular formula is C18H17FN4O3S. The normalized spacial score (nSPS) is 15.5. The molecule has 0 unspecified atom stereocenters. The minimum absolute atomic E-state index is 0.118. The molecule has 2 heterocycles. The molecule has 1 aromatic heterocycles. The van der Waals surface area contributed by atoms with Crippen LogP contribution < -0.4 is 4.74 Å². The number of rotatable bonds is 5. The molecule has 1 fully saturated rings. The number of hydrogen-bond acceptors (Lipinski definition) is 5. The molecule has 0 N–H and O–H groups in total. The average Bonchev–Trinajstić information content (AvgIpc) is 3.10. The lowest BCUT2D eigenvalue weighted by molar-refractivity contribution is 0.188. The molecule has 1 aliphatic rings. The molecule has 2 aromatic carbocycles. The predicted octanol–water partition coefficient (Wildman–Crippen LogP) is 2.34. The van der Waals surface area contributed by atoms with Crippen molar-refractivity contribution in [2.45, 2.75) is 10.9 Å². The molecule has 0 radical (unpaired) electrons. The first-order valence-electron chi connectivity index (χ1n) is 8.30. The van der Waals surface area contributed by atoms with Gasteiger partial charge >= 0.3 is 0 Å². The van der Waals surface area contributed by atoms with Crippen LogP contribution >= 0.6 is 0 Å². The molecule has 9 heteroatoms. The average molecular weight is 388 g/mol. The molecule has 7 nitrogen and oxygen atoms in total. The summed E-state index contributed by atoms with van der Waals surface area (Å²) in [6, 6.07) is 12.9. The Labute approximate surface area is 156 Å². The summed E-state index contributed by atoms with van der Waals surface area (Å²) >= 11 is 0. The van der Waals surface area contributed by atoms with E-state index in [1.807, 2.05) is 30.3 Å². The number of benzene rings is 2. The summed E-state index contributed by atoms with van der Waals surface area (Å²) in [6.45, 7) is 0.471. The highest BCUT2D eigenvalue weighted by Gasteiger charge is 2.39. The molecule has 3 aromatic rings. The summed E-state index contributed by atoms with van der Waals surface area (Å²) in [7, 11) is -2.49. The van der Waals surface area contributed by atoms with Gasteiger partial charge in [0.1, 0.15) is 22.2 Å². The minimum Gasteiger partial charge on any atom is -0.495 e. The Bertz CT molecular complexity index is 1060. The first kappa shape index (κ1) is 17.6. The van der Waals surface area contributed by atoms with E-state index in [0.717, 1.165) is 23.4 Å². The third-order valence-corrected chi connectivity index (χ3v) is 6.38. The van der Waals surface area contributed by atoms with E-state index in [1.54, 1.807) is 10.9 Å². The van der Waals surface area contributed by atoms with E-state index in [2.05, 4.69) is 10.3 Å². The number of aromatic nitrogens is 3. The quantitative estimate of drug-likeness (QED) is 0.671. The van der Waals surface area contributed by atoms with E-state index in [1.165, 1.54) is 17.5 Å². The summed E-state index contributed by atoms with van der Waals surface area (Å²) in [6.07, 6.45) is 1.80. The van der Waals surface area contributed by atoms with Crippen molar-refractivity contribution in [1.82, 2.24) is 19.3 Å². The Balaban J connectivity index is 1.51. The number of sulfonamides is 1. The lowest BCUT2D eigenvalue weighted by Gasteiger charge is -2.37. The van der Waals surface area contributed by atoms with Crippen molar-refractivity contribution < 1.29 is 17.5 Å². The Morgan fingerprint density at radius 2 is 1.89 bits per heavy atom. The highest BCUT2D eigenvalue weighted by Crippen LogP contribution is 2.33. The zero-order valence-corrected chi connectivity index (χ0v) is 15.3. The van der Waals surface area contributed by atoms with Crippen LogP contribution in [0.4, 0.5) is 4.39 Å². The standard InChI is InChI=1S/C18H17FN4O3S/c1-26-17-8-7-14(19)9-18(17)27(24,25)22-10-15(11-22)23-12-16(20-21-23)13-5-3-2-4-6-13/h2-9,12,15H,10-11H2,1H3. The molecule has 1 saturated heterocycles. The topological polar surface area (TPSA) is 77.3 Å². The van der Waals surface area contributed by atoms with Gasteiger partial charge < -0.3 is 4.74 Å². The van der Waals surface area contributed by atoms with Crippen molar-refractivity contribution in [2.75, 3.05) is 20.2 Å². The third-order valence-electron chi connectivity index (χ3n) is 4.53. The second kappa shape index (κ2) is 6.75. The number of halogens is 1. The fourth-order valence-electron chi connectivity index (χ4n) is 2.97. The molecule has 0 saturated carbocycles. The smallest absolute Gasteiger partial charge is 0.247 e. The molecule has 27 heavy (non-hydrogen) atoms. The Hall–Kier alpha value is -2.78. The highest BCUT2D eigenvalue weighted by atomic mass is 32.2. The molecule has 4 rings (SSSR count). The molecule has 0 amide bonds. The van der Waals surface area contributed by atoms with Crippen LogP contribution in [0.2, 0.25) is 0 Å². The predicted molar refractivity (Wildman–Crippen MR) is 96.2 cm³/mol. The van der Waals surface area contributed by atoms with Gasteiger partial charge in [0.2, 0.25) is 10.0 Å². The third kappa shape index (κ3) is 3.19. The van der Waals surface area contributed by atoms with Crippen molar-refractivity contribution in [2.24, 2.45) is 0 Å². The molecule has 0 atom stereocenters. The molecule has 0 aliphatic carbocycles. The zero-order chi connectivity index (χ0) is 19.0. The van der Waals surface area contributed by atoms with Crippen molar-refractivity contribution in [1.29, 1.82) is 0 Å². The Kier molecular flexibility index (Phi) is 4.40. The van der Waals surface area contributed by atoms with Gasteiger partial charge in [-0.25, -0.2) is 17.5 Å². The first-order valence-corrected chi connectivity index (χ1v) is 9.74. The summed E-state index contributed by atoms with van der Waals surface area (Å²) in [5, 5.41) is 8.26. The number of methoxy groups -OCH3 is 1. The fourth-order valence-corrected chi connectivity index (χ4v) is 4.65. The molecule has 1 aliphatic heterocycles. The maximum Gasteiger partial charge on any atom is 0.247 e. The van der Waals surface area contributed by atoms with Gasteiger partial charge in [-0.15, -0.1) is 5.10 Å². The van der Waals surface area contributed by atoms with E-state index in [4.69, 9.17) is 4.74 Å². The number of ether oxygens (including phenoxy) is 1. The minimum atomic E-state index is -3.85. The summed E-state index contributed by atoms with van der Waals surface area (Å²) in [5.41, 5.74) is 1.67. The maximum absolute atomic E-state index is 13.5. The summed E-state index contributed by atoms with van der Waals surface area (Å²) in [4.78, 5) is -0.174. The molecule has 0 bridgehead atoms. The van der Waals surface area contributed by atoms with Gasteiger partial charge in [-0.1, -0.05) is 35.5 Å².